The van der Waals surface area contributed by atoms with Crippen molar-refractivity contribution in [2.75, 3.05) is 0 Å². The molecule has 2 aromatic rings. The number of ketones is 1. The van der Waals surface area contributed by atoms with Gasteiger partial charge in [0.1, 0.15) is 5.82 Å². The standard InChI is InChI=1S/C18H9ClF4N2O2/c19-16(27)10-2-5-14(24-9-10)17(6-1-7-25-17)15(26)12-8-11(18(21,22)23)3-4-13(12)20/h1-9H. The summed E-state index contributed by atoms with van der Waals surface area (Å²) in [5.74, 6) is -2.14. The highest BCUT2D eigenvalue weighted by molar-refractivity contribution is 6.67. The Hall–Kier alpha value is -2.87. The van der Waals surface area contributed by atoms with Gasteiger partial charge in [0.05, 0.1) is 22.4 Å². The summed E-state index contributed by atoms with van der Waals surface area (Å²) in [6, 6.07) is 4.14. The highest BCUT2D eigenvalue weighted by Gasteiger charge is 2.43. The van der Waals surface area contributed by atoms with Crippen LogP contribution in [0.15, 0.2) is 53.7 Å². The van der Waals surface area contributed by atoms with Crippen LogP contribution in [0.4, 0.5) is 17.6 Å². The summed E-state index contributed by atoms with van der Waals surface area (Å²) in [6.07, 6.45) is 0.298. The molecule has 2 heterocycles. The predicted octanol–water partition coefficient (Wildman–Crippen LogP) is 4.34. The number of hydrogen-bond donors (Lipinski definition) is 0. The lowest BCUT2D eigenvalue weighted by Gasteiger charge is -2.23. The number of hydrogen-bond acceptors (Lipinski definition) is 4. The fourth-order valence-electron chi connectivity index (χ4n) is 2.60. The van der Waals surface area contributed by atoms with Gasteiger partial charge >= 0.3 is 6.18 Å². The minimum Gasteiger partial charge on any atom is -0.290 e. The molecule has 0 amide bonds. The van der Waals surface area contributed by atoms with E-state index in [-0.39, 0.29) is 11.3 Å². The van der Waals surface area contributed by atoms with Gasteiger partial charge in [-0.2, -0.15) is 13.2 Å². The molecule has 0 N–H and O–H groups in total. The number of allylic oxidation sites excluding steroid dienone is 1. The number of aliphatic imine (C=N–C) groups is 1. The molecule has 1 aromatic heterocycles. The zero-order chi connectivity index (χ0) is 19.8. The van der Waals surface area contributed by atoms with Crippen LogP contribution in [0.1, 0.15) is 32.0 Å². The number of benzene rings is 1. The smallest absolute Gasteiger partial charge is 0.290 e. The van der Waals surface area contributed by atoms with Gasteiger partial charge in [-0.3, -0.25) is 19.6 Å². The van der Waals surface area contributed by atoms with Gasteiger partial charge in [0.2, 0.25) is 5.78 Å². The third-order valence-corrected chi connectivity index (χ3v) is 4.19. The number of Topliss-reactive ketones (excluding diaryl/α,β-unsaturated/α-hetero) is 1. The van der Waals surface area contributed by atoms with E-state index in [1.807, 2.05) is 0 Å². The maximum Gasteiger partial charge on any atom is 0.416 e. The molecule has 138 valence electrons. The molecule has 0 bridgehead atoms. The molecule has 1 atom stereocenters. The van der Waals surface area contributed by atoms with Crippen molar-refractivity contribution in [3.63, 3.8) is 0 Å². The van der Waals surface area contributed by atoms with Crippen LogP contribution in [0.25, 0.3) is 0 Å². The molecule has 1 unspecified atom stereocenters. The first-order chi connectivity index (χ1) is 12.6. The van der Waals surface area contributed by atoms with Gasteiger partial charge in [-0.05, 0) is 54.1 Å². The van der Waals surface area contributed by atoms with Crippen LogP contribution in [0, 0.1) is 5.82 Å². The van der Waals surface area contributed by atoms with Crippen molar-refractivity contribution in [1.29, 1.82) is 0 Å². The Morgan fingerprint density at radius 2 is 1.85 bits per heavy atom. The lowest BCUT2D eigenvalue weighted by molar-refractivity contribution is -0.137. The summed E-state index contributed by atoms with van der Waals surface area (Å²) >= 11 is 5.34. The van der Waals surface area contributed by atoms with E-state index >= 15 is 0 Å². The quantitative estimate of drug-likeness (QED) is 0.439. The van der Waals surface area contributed by atoms with E-state index in [4.69, 9.17) is 11.6 Å². The van der Waals surface area contributed by atoms with Gasteiger partial charge in [0.25, 0.3) is 5.24 Å². The Bertz CT molecular complexity index is 970. The van der Waals surface area contributed by atoms with E-state index in [0.29, 0.717) is 18.2 Å². The third-order valence-electron chi connectivity index (χ3n) is 3.97. The largest absolute Gasteiger partial charge is 0.416 e. The molecular formula is C18H9ClF4N2O2. The molecule has 0 saturated heterocycles. The Morgan fingerprint density at radius 3 is 2.37 bits per heavy atom. The van der Waals surface area contributed by atoms with Crippen LogP contribution in [-0.2, 0) is 11.7 Å². The predicted molar refractivity (Wildman–Crippen MR) is 89.5 cm³/mol. The summed E-state index contributed by atoms with van der Waals surface area (Å²) in [6.45, 7) is 0. The second-order valence-electron chi connectivity index (χ2n) is 5.63. The molecule has 1 aliphatic heterocycles. The second kappa shape index (κ2) is 6.70. The van der Waals surface area contributed by atoms with Crippen LogP contribution in [0.2, 0.25) is 0 Å². The van der Waals surface area contributed by atoms with Gasteiger partial charge < -0.3 is 0 Å². The summed E-state index contributed by atoms with van der Waals surface area (Å²) in [7, 11) is 0. The van der Waals surface area contributed by atoms with Crippen molar-refractivity contribution in [1.82, 2.24) is 4.98 Å². The van der Waals surface area contributed by atoms with Gasteiger partial charge in [-0.15, -0.1) is 0 Å². The fraction of sp³-hybridized carbons (Fsp3) is 0.111. The molecule has 0 fully saturated rings. The number of rotatable bonds is 4. The van der Waals surface area contributed by atoms with Crippen LogP contribution < -0.4 is 0 Å². The van der Waals surface area contributed by atoms with Crippen molar-refractivity contribution < 1.29 is 27.2 Å². The molecule has 4 nitrogen and oxygen atoms in total. The maximum absolute atomic E-state index is 14.2. The minimum atomic E-state index is -4.74. The molecule has 9 heteroatoms. The average Bonchev–Trinajstić information content (AvgIpc) is 3.11. The van der Waals surface area contributed by atoms with Gasteiger partial charge in [-0.25, -0.2) is 4.39 Å². The van der Waals surface area contributed by atoms with Crippen LogP contribution in [0.5, 0.6) is 0 Å². The number of nitrogens with zero attached hydrogens (tertiary/aromatic N) is 2. The molecule has 0 saturated carbocycles. The van der Waals surface area contributed by atoms with Crippen LogP contribution >= 0.6 is 11.6 Å². The van der Waals surface area contributed by atoms with Crippen LogP contribution in [0.3, 0.4) is 0 Å². The summed E-state index contributed by atoms with van der Waals surface area (Å²) < 4.78 is 53.0. The highest BCUT2D eigenvalue weighted by Crippen LogP contribution is 2.36. The minimum absolute atomic E-state index is 0.0102. The van der Waals surface area contributed by atoms with Gasteiger partial charge in [-0.1, -0.05) is 0 Å². The molecule has 0 spiro atoms. The molecule has 27 heavy (non-hydrogen) atoms. The Morgan fingerprint density at radius 1 is 1.11 bits per heavy atom. The molecule has 3 rings (SSSR count). The first-order valence-corrected chi connectivity index (χ1v) is 7.84. The second-order valence-corrected chi connectivity index (χ2v) is 5.97. The number of pyridine rings is 1. The highest BCUT2D eigenvalue weighted by atomic mass is 35.5. The number of halogens is 5. The lowest BCUT2D eigenvalue weighted by Crippen LogP contribution is -2.32. The van der Waals surface area contributed by atoms with E-state index in [1.54, 1.807) is 0 Å². The van der Waals surface area contributed by atoms with E-state index in [2.05, 4.69) is 9.98 Å². The summed E-state index contributed by atoms with van der Waals surface area (Å²) in [5, 5.41) is -0.774. The molecular weight excluding hydrogens is 388 g/mol. The Labute approximate surface area is 155 Å². The number of alkyl halides is 3. The first kappa shape index (κ1) is 18.9. The van der Waals surface area contributed by atoms with Gasteiger partial charge in [0, 0.05) is 12.4 Å². The molecule has 1 aromatic carbocycles. The summed E-state index contributed by atoms with van der Waals surface area (Å²) in [5.41, 5.74) is -3.70. The van der Waals surface area contributed by atoms with Crippen molar-refractivity contribution in [3.05, 3.63) is 76.9 Å². The number of carbonyl (C=O) groups is 2. The topological polar surface area (TPSA) is 59.4 Å². The normalized spacial score (nSPS) is 18.7. The maximum atomic E-state index is 14.2. The van der Waals surface area contributed by atoms with Crippen molar-refractivity contribution in [2.24, 2.45) is 4.99 Å². The Balaban J connectivity index is 2.11. The zero-order valence-corrected chi connectivity index (χ0v) is 14.1. The lowest BCUT2D eigenvalue weighted by atomic mass is 9.86. The third kappa shape index (κ3) is 3.40. The Kier molecular flexibility index (Phi) is 4.69. The van der Waals surface area contributed by atoms with Crippen molar-refractivity contribution in [2.45, 2.75) is 11.7 Å². The number of aromatic nitrogens is 1. The monoisotopic (exact) mass is 396 g/mol. The van der Waals surface area contributed by atoms with E-state index in [9.17, 15) is 27.2 Å². The number of carbonyl (C=O) groups excluding carboxylic acids is 2. The van der Waals surface area contributed by atoms with E-state index in [1.165, 1.54) is 30.5 Å². The zero-order valence-electron chi connectivity index (χ0n) is 13.3. The first-order valence-electron chi connectivity index (χ1n) is 7.46. The van der Waals surface area contributed by atoms with Crippen molar-refractivity contribution >= 4 is 28.8 Å². The average molecular weight is 397 g/mol. The summed E-state index contributed by atoms with van der Waals surface area (Å²) in [4.78, 5) is 32.1. The van der Waals surface area contributed by atoms with E-state index < -0.39 is 39.7 Å². The SMILES string of the molecule is O=C(Cl)c1ccc(C2(C(=O)c3cc(C(F)(F)F)ccc3F)C=CC=N2)nc1. The van der Waals surface area contributed by atoms with Gasteiger partial charge in [0.15, 0.2) is 5.54 Å². The van der Waals surface area contributed by atoms with Crippen LogP contribution in [-0.4, -0.2) is 22.2 Å². The fourth-order valence-corrected chi connectivity index (χ4v) is 2.72. The molecule has 0 aliphatic carbocycles. The van der Waals surface area contributed by atoms with E-state index in [0.717, 1.165) is 6.20 Å². The molecule has 0 radical (unpaired) electrons. The van der Waals surface area contributed by atoms with Crippen molar-refractivity contribution in [3.8, 4) is 0 Å². The molecule has 1 aliphatic rings.